The number of rotatable bonds is 17. The van der Waals surface area contributed by atoms with Crippen molar-refractivity contribution in [3.8, 4) is 17.2 Å². The van der Waals surface area contributed by atoms with Gasteiger partial charge in [0.15, 0.2) is 5.75 Å². The smallest absolute Gasteiger partial charge is 0.337 e. The lowest BCUT2D eigenvalue weighted by Crippen LogP contribution is -2.35. The van der Waals surface area contributed by atoms with Gasteiger partial charge in [-0.25, -0.2) is 9.59 Å². The molecule has 0 atom stereocenters. The molecule has 0 aromatic heterocycles. The molecule has 0 spiro atoms. The molecule has 0 aliphatic rings. The summed E-state index contributed by atoms with van der Waals surface area (Å²) in [6.07, 6.45) is 0. The molecular formula is C31H33N3O14. The zero-order valence-corrected chi connectivity index (χ0v) is 25.7. The lowest BCUT2D eigenvalue weighted by atomic mass is 10.2. The van der Waals surface area contributed by atoms with Gasteiger partial charge in [0.2, 0.25) is 0 Å². The maximum absolute atomic E-state index is 12.4. The number of nitrogens with zero attached hydrogens (tertiary/aromatic N) is 2. The number of carbonyl (C=O) groups excluding carboxylic acids is 1. The average molecular weight is 672 g/mol. The molecule has 0 bridgehead atoms. The van der Waals surface area contributed by atoms with E-state index < -0.39 is 55.5 Å². The number of ether oxygens (including phenoxy) is 3. The van der Waals surface area contributed by atoms with E-state index in [2.05, 4.69) is 5.32 Å². The Morgan fingerprint density at radius 1 is 0.646 bits per heavy atom. The molecule has 48 heavy (non-hydrogen) atoms. The summed E-state index contributed by atoms with van der Waals surface area (Å²) in [6, 6.07) is 16.7. The van der Waals surface area contributed by atoms with Gasteiger partial charge in [0.1, 0.15) is 44.2 Å². The maximum atomic E-state index is 12.4. The number of aromatic carboxylic acids is 1. The summed E-state index contributed by atoms with van der Waals surface area (Å²) in [6.45, 7) is -2.42. The number of carbonyl (C=O) groups is 6. The maximum Gasteiger partial charge on any atom is 0.337 e. The van der Waals surface area contributed by atoms with Crippen molar-refractivity contribution in [1.29, 1.82) is 0 Å². The Hall–Kier alpha value is -6.52. The Morgan fingerprint density at radius 3 is 1.65 bits per heavy atom. The van der Waals surface area contributed by atoms with Crippen LogP contribution in [0.25, 0.3) is 0 Å². The second kappa shape index (κ2) is 18.4. The predicted octanol–water partition coefficient (Wildman–Crippen LogP) is 2.06. The molecule has 17 heteroatoms. The zero-order chi connectivity index (χ0) is 35.8. The van der Waals surface area contributed by atoms with Crippen LogP contribution in [0.3, 0.4) is 0 Å². The number of hydrogen-bond acceptors (Lipinski definition) is 12. The van der Waals surface area contributed by atoms with Gasteiger partial charge in [0.25, 0.3) is 0 Å². The highest BCUT2D eigenvalue weighted by Gasteiger charge is 2.21. The first-order chi connectivity index (χ1) is 22.7. The van der Waals surface area contributed by atoms with Crippen LogP contribution in [0.5, 0.6) is 17.2 Å². The van der Waals surface area contributed by atoms with Crippen LogP contribution >= 0.6 is 0 Å². The number of anilines is 3. The van der Waals surface area contributed by atoms with E-state index in [0.717, 1.165) is 4.90 Å². The summed E-state index contributed by atoms with van der Waals surface area (Å²) in [5.74, 6) is -5.91. The summed E-state index contributed by atoms with van der Waals surface area (Å²) in [5, 5.41) is 47.4. The van der Waals surface area contributed by atoms with Crippen LogP contribution in [-0.2, 0) is 24.0 Å². The Kier molecular flexibility index (Phi) is 14.5. The predicted molar refractivity (Wildman–Crippen MR) is 168 cm³/mol. The van der Waals surface area contributed by atoms with E-state index in [1.54, 1.807) is 30.3 Å². The summed E-state index contributed by atoms with van der Waals surface area (Å²) in [5.41, 5.74) is 0.753. The number of carboxylic acids is 5. The van der Waals surface area contributed by atoms with E-state index in [1.165, 1.54) is 55.5 Å². The van der Waals surface area contributed by atoms with Gasteiger partial charge in [-0.2, -0.15) is 0 Å². The average Bonchev–Trinajstić information content (AvgIpc) is 3.02. The molecule has 256 valence electrons. The van der Waals surface area contributed by atoms with E-state index in [4.69, 9.17) is 34.6 Å². The van der Waals surface area contributed by atoms with Crippen molar-refractivity contribution < 1.29 is 68.5 Å². The highest BCUT2D eigenvalue weighted by molar-refractivity contribution is 5.95. The Labute approximate surface area is 273 Å². The van der Waals surface area contributed by atoms with Crippen molar-refractivity contribution in [2.24, 2.45) is 0 Å². The number of para-hydroxylation sites is 1. The summed E-state index contributed by atoms with van der Waals surface area (Å²) in [4.78, 5) is 69.4. The van der Waals surface area contributed by atoms with Crippen molar-refractivity contribution in [2.75, 3.05) is 62.1 Å². The quantitative estimate of drug-likeness (QED) is 0.0887. The van der Waals surface area contributed by atoms with E-state index in [0.29, 0.717) is 17.2 Å². The van der Waals surface area contributed by atoms with Crippen LogP contribution in [0.2, 0.25) is 0 Å². The number of hydrogen-bond donors (Lipinski definition) is 6. The first-order valence-electron chi connectivity index (χ1n) is 13.7. The second-order valence-electron chi connectivity index (χ2n) is 9.50. The topological polar surface area (TPSA) is 250 Å². The van der Waals surface area contributed by atoms with Crippen LogP contribution < -0.4 is 29.3 Å². The van der Waals surface area contributed by atoms with Crippen molar-refractivity contribution in [3.63, 3.8) is 0 Å². The first-order valence-corrected chi connectivity index (χ1v) is 13.7. The molecule has 0 aliphatic heterocycles. The molecule has 0 saturated heterocycles. The van der Waals surface area contributed by atoms with Crippen LogP contribution in [0.15, 0.2) is 66.7 Å². The highest BCUT2D eigenvalue weighted by atomic mass is 16.5. The van der Waals surface area contributed by atoms with Crippen LogP contribution in [0.4, 0.5) is 17.1 Å². The Morgan fingerprint density at radius 2 is 1.15 bits per heavy atom. The number of benzene rings is 3. The Balaban J connectivity index is 0.000000397. The highest BCUT2D eigenvalue weighted by Crippen LogP contribution is 2.33. The minimum atomic E-state index is -1.28. The fourth-order valence-electron chi connectivity index (χ4n) is 4.03. The van der Waals surface area contributed by atoms with Gasteiger partial charge in [-0.3, -0.25) is 19.2 Å². The van der Waals surface area contributed by atoms with E-state index in [-0.39, 0.29) is 35.8 Å². The van der Waals surface area contributed by atoms with Crippen LogP contribution in [-0.4, -0.2) is 108 Å². The van der Waals surface area contributed by atoms with Crippen LogP contribution in [0.1, 0.15) is 10.4 Å². The second-order valence-corrected chi connectivity index (χ2v) is 9.50. The largest absolute Gasteiger partial charge is 0.497 e. The zero-order valence-electron chi connectivity index (χ0n) is 25.7. The lowest BCUT2D eigenvalue weighted by Gasteiger charge is -2.23. The van der Waals surface area contributed by atoms with Crippen LogP contribution in [0, 0.1) is 0 Å². The summed E-state index contributed by atoms with van der Waals surface area (Å²) >= 11 is 0. The number of esters is 1. The van der Waals surface area contributed by atoms with Crippen molar-refractivity contribution >= 4 is 52.9 Å². The van der Waals surface area contributed by atoms with Crippen molar-refractivity contribution in [1.82, 2.24) is 0 Å². The minimum Gasteiger partial charge on any atom is -0.497 e. The SMILES string of the molecule is COc1ccc(N(CC(=O)O)CC(=O)O)c(OC(=O)CNc2ccccc2C(=O)O)c1.COc1ccc(N(CC(=O)O)CC(=O)O)cc1. The third-order valence-corrected chi connectivity index (χ3v) is 6.05. The first kappa shape index (κ1) is 37.7. The third-order valence-electron chi connectivity index (χ3n) is 6.05. The van der Waals surface area contributed by atoms with Gasteiger partial charge in [-0.1, -0.05) is 12.1 Å². The van der Waals surface area contributed by atoms with Gasteiger partial charge in [0, 0.05) is 17.4 Å². The molecule has 0 heterocycles. The molecule has 0 saturated carbocycles. The fourth-order valence-corrected chi connectivity index (χ4v) is 4.03. The molecule has 0 aliphatic carbocycles. The van der Waals surface area contributed by atoms with Gasteiger partial charge in [0.05, 0.1) is 25.5 Å². The summed E-state index contributed by atoms with van der Waals surface area (Å²) in [7, 11) is 2.89. The third kappa shape index (κ3) is 12.5. The van der Waals surface area contributed by atoms with Crippen molar-refractivity contribution in [3.05, 3.63) is 72.3 Å². The molecule has 0 unspecified atom stereocenters. The van der Waals surface area contributed by atoms with Crippen molar-refractivity contribution in [2.45, 2.75) is 0 Å². The number of nitrogens with one attached hydrogen (secondary N) is 1. The normalized spacial score (nSPS) is 9.96. The lowest BCUT2D eigenvalue weighted by molar-refractivity contribution is -0.138. The molecule has 6 N–H and O–H groups in total. The van der Waals surface area contributed by atoms with Gasteiger partial charge < -0.3 is 54.9 Å². The minimum absolute atomic E-state index is 0.0357. The monoisotopic (exact) mass is 671 g/mol. The summed E-state index contributed by atoms with van der Waals surface area (Å²) < 4.78 is 15.3. The standard InChI is InChI=1S/C20H20N2O9.C11H13NO5/c1-30-12-6-7-15(22(10-17(23)24)11-18(25)26)16(8-12)31-19(27)9-21-14-5-3-2-4-13(14)20(28)29;1-17-9-4-2-8(3-5-9)12(6-10(13)14)7-11(15)16/h2-8,21H,9-11H2,1H3,(H,23,24)(H,25,26)(H,28,29);2-5H,6-7H2,1H3,(H,13,14)(H,15,16). The number of aliphatic carboxylic acids is 4. The number of carboxylic acid groups (broad SMARTS) is 5. The van der Waals surface area contributed by atoms with E-state index >= 15 is 0 Å². The molecule has 3 aromatic rings. The molecule has 0 fully saturated rings. The molecule has 0 amide bonds. The van der Waals surface area contributed by atoms with Gasteiger partial charge in [-0.05, 0) is 48.5 Å². The molecule has 3 rings (SSSR count). The Bertz CT molecular complexity index is 1580. The molecule has 17 nitrogen and oxygen atoms in total. The molecule has 0 radical (unpaired) electrons. The fraction of sp³-hybridized carbons (Fsp3) is 0.226. The van der Waals surface area contributed by atoms with Gasteiger partial charge >= 0.3 is 35.8 Å². The molecule has 3 aromatic carbocycles. The van der Waals surface area contributed by atoms with E-state index in [1.807, 2.05) is 0 Å². The number of methoxy groups -OCH3 is 2. The molecular weight excluding hydrogens is 638 g/mol. The van der Waals surface area contributed by atoms with E-state index in [9.17, 15) is 33.9 Å². The van der Waals surface area contributed by atoms with Gasteiger partial charge in [-0.15, -0.1) is 0 Å².